The van der Waals surface area contributed by atoms with Crippen LogP contribution in [-0.4, -0.2) is 62.3 Å². The largest absolute Gasteiger partial charge is 0.379 e. The smallest absolute Gasteiger partial charge is 0.163 e. The van der Waals surface area contributed by atoms with Crippen molar-refractivity contribution in [2.45, 2.75) is 44.7 Å². The van der Waals surface area contributed by atoms with Gasteiger partial charge in [0.05, 0.1) is 25.9 Å². The molecule has 0 radical (unpaired) electrons. The Morgan fingerprint density at radius 2 is 1.92 bits per heavy atom. The molecule has 134 valence electrons. The molecule has 5 nitrogen and oxygen atoms in total. The zero-order chi connectivity index (χ0) is 17.0. The standard InChI is InChI=1S/C19H30N2O3/c1-15(18-14-23-19(2,3)24-18)20-13-17(16-7-5-4-6-8-16)21-9-11-22-12-10-21/h4-8,15,17-18,20H,9-14H2,1-3H3/t15?,17?,18-/m1/s1. The molecule has 2 saturated heterocycles. The van der Waals surface area contributed by atoms with Crippen LogP contribution in [0.1, 0.15) is 32.4 Å². The predicted octanol–water partition coefficient (Wildman–Crippen LogP) is 2.19. The summed E-state index contributed by atoms with van der Waals surface area (Å²) in [5.41, 5.74) is 1.35. The number of rotatable bonds is 6. The molecule has 0 aromatic heterocycles. The number of hydrogen-bond donors (Lipinski definition) is 1. The molecule has 3 rings (SSSR count). The van der Waals surface area contributed by atoms with E-state index in [4.69, 9.17) is 14.2 Å². The van der Waals surface area contributed by atoms with Crippen molar-refractivity contribution in [3.8, 4) is 0 Å². The summed E-state index contributed by atoms with van der Waals surface area (Å²) >= 11 is 0. The average Bonchev–Trinajstić information content (AvgIpc) is 2.97. The maximum atomic E-state index is 5.98. The predicted molar refractivity (Wildman–Crippen MR) is 93.9 cm³/mol. The van der Waals surface area contributed by atoms with Crippen LogP contribution in [-0.2, 0) is 14.2 Å². The summed E-state index contributed by atoms with van der Waals surface area (Å²) < 4.78 is 17.2. The van der Waals surface area contributed by atoms with Gasteiger partial charge in [-0.15, -0.1) is 0 Å². The van der Waals surface area contributed by atoms with Gasteiger partial charge < -0.3 is 19.5 Å². The fourth-order valence-corrected chi connectivity index (χ4v) is 3.41. The van der Waals surface area contributed by atoms with Crippen LogP contribution in [0.4, 0.5) is 0 Å². The normalized spacial score (nSPS) is 27.0. The molecule has 5 heteroatoms. The first kappa shape index (κ1) is 17.8. The summed E-state index contributed by atoms with van der Waals surface area (Å²) in [5.74, 6) is -0.469. The van der Waals surface area contributed by atoms with Gasteiger partial charge in [-0.05, 0) is 26.3 Å². The monoisotopic (exact) mass is 334 g/mol. The molecule has 2 fully saturated rings. The highest BCUT2D eigenvalue weighted by atomic mass is 16.7. The molecule has 0 amide bonds. The molecule has 1 N–H and O–H groups in total. The van der Waals surface area contributed by atoms with E-state index in [1.54, 1.807) is 0 Å². The Balaban J connectivity index is 1.61. The maximum absolute atomic E-state index is 5.98. The molecule has 3 atom stereocenters. The molecule has 2 aliphatic heterocycles. The minimum absolute atomic E-state index is 0.0983. The van der Waals surface area contributed by atoms with E-state index < -0.39 is 5.79 Å². The maximum Gasteiger partial charge on any atom is 0.163 e. The Hall–Kier alpha value is -0.980. The number of morpholine rings is 1. The molecule has 2 heterocycles. The van der Waals surface area contributed by atoms with Crippen LogP contribution in [0.5, 0.6) is 0 Å². The zero-order valence-corrected chi connectivity index (χ0v) is 15.0. The van der Waals surface area contributed by atoms with Crippen molar-refractivity contribution in [3.63, 3.8) is 0 Å². The number of ether oxygens (including phenoxy) is 3. The van der Waals surface area contributed by atoms with E-state index in [2.05, 4.69) is 47.5 Å². The number of nitrogens with zero attached hydrogens (tertiary/aromatic N) is 1. The molecule has 0 spiro atoms. The summed E-state index contributed by atoms with van der Waals surface area (Å²) in [7, 11) is 0. The van der Waals surface area contributed by atoms with Gasteiger partial charge in [-0.1, -0.05) is 30.3 Å². The van der Waals surface area contributed by atoms with Crippen molar-refractivity contribution in [3.05, 3.63) is 35.9 Å². The SMILES string of the molecule is CC(NCC(c1ccccc1)N1CCOCC1)[C@H]1COC(C)(C)O1. The quantitative estimate of drug-likeness (QED) is 0.864. The van der Waals surface area contributed by atoms with Gasteiger partial charge in [-0.3, -0.25) is 4.90 Å². The van der Waals surface area contributed by atoms with Crippen molar-refractivity contribution in [2.24, 2.45) is 0 Å². The van der Waals surface area contributed by atoms with E-state index in [9.17, 15) is 0 Å². The highest BCUT2D eigenvalue weighted by molar-refractivity contribution is 5.19. The topological polar surface area (TPSA) is 43.0 Å². The Kier molecular flexibility index (Phi) is 5.89. The molecule has 2 unspecified atom stereocenters. The lowest BCUT2D eigenvalue weighted by Crippen LogP contribution is -2.47. The minimum atomic E-state index is -0.469. The fraction of sp³-hybridized carbons (Fsp3) is 0.684. The Bertz CT molecular complexity index is 503. The van der Waals surface area contributed by atoms with Crippen LogP contribution in [0.15, 0.2) is 30.3 Å². The number of nitrogens with one attached hydrogen (secondary N) is 1. The Morgan fingerprint density at radius 3 is 2.54 bits per heavy atom. The molecule has 24 heavy (non-hydrogen) atoms. The van der Waals surface area contributed by atoms with E-state index in [0.29, 0.717) is 12.6 Å². The van der Waals surface area contributed by atoms with Gasteiger partial charge in [0.25, 0.3) is 0 Å². The fourth-order valence-electron chi connectivity index (χ4n) is 3.41. The lowest BCUT2D eigenvalue weighted by Gasteiger charge is -2.36. The summed E-state index contributed by atoms with van der Waals surface area (Å²) in [6, 6.07) is 11.3. The zero-order valence-electron chi connectivity index (χ0n) is 15.0. The molecule has 1 aromatic carbocycles. The molecule has 0 aliphatic carbocycles. The highest BCUT2D eigenvalue weighted by Crippen LogP contribution is 2.25. The second kappa shape index (κ2) is 7.93. The van der Waals surface area contributed by atoms with Crippen LogP contribution < -0.4 is 5.32 Å². The summed E-state index contributed by atoms with van der Waals surface area (Å²) in [5, 5.41) is 3.67. The van der Waals surface area contributed by atoms with Gasteiger partial charge >= 0.3 is 0 Å². The third-order valence-corrected chi connectivity index (χ3v) is 4.89. The van der Waals surface area contributed by atoms with Gasteiger partial charge in [-0.25, -0.2) is 0 Å². The Labute approximate surface area is 145 Å². The molecular weight excluding hydrogens is 304 g/mol. The van der Waals surface area contributed by atoms with Gasteiger partial charge in [-0.2, -0.15) is 0 Å². The average molecular weight is 334 g/mol. The van der Waals surface area contributed by atoms with Crippen molar-refractivity contribution >= 4 is 0 Å². The van der Waals surface area contributed by atoms with Crippen molar-refractivity contribution in [1.82, 2.24) is 10.2 Å². The molecule has 1 aromatic rings. The van der Waals surface area contributed by atoms with E-state index in [1.165, 1.54) is 5.56 Å². The summed E-state index contributed by atoms with van der Waals surface area (Å²) in [4.78, 5) is 2.51. The molecular formula is C19H30N2O3. The summed E-state index contributed by atoms with van der Waals surface area (Å²) in [6.45, 7) is 11.2. The first-order valence-electron chi connectivity index (χ1n) is 8.97. The van der Waals surface area contributed by atoms with Crippen LogP contribution in [0, 0.1) is 0 Å². The van der Waals surface area contributed by atoms with Crippen LogP contribution >= 0.6 is 0 Å². The molecule has 0 bridgehead atoms. The third-order valence-electron chi connectivity index (χ3n) is 4.89. The third kappa shape index (κ3) is 4.55. The van der Waals surface area contributed by atoms with Crippen LogP contribution in [0.3, 0.4) is 0 Å². The highest BCUT2D eigenvalue weighted by Gasteiger charge is 2.36. The second-order valence-electron chi connectivity index (χ2n) is 7.14. The van der Waals surface area contributed by atoms with Crippen molar-refractivity contribution < 1.29 is 14.2 Å². The lowest BCUT2D eigenvalue weighted by molar-refractivity contribution is -0.141. The van der Waals surface area contributed by atoms with Gasteiger partial charge in [0, 0.05) is 31.7 Å². The van der Waals surface area contributed by atoms with Crippen LogP contribution in [0.25, 0.3) is 0 Å². The van der Waals surface area contributed by atoms with E-state index >= 15 is 0 Å². The number of hydrogen-bond acceptors (Lipinski definition) is 5. The van der Waals surface area contributed by atoms with Crippen molar-refractivity contribution in [2.75, 3.05) is 39.5 Å². The van der Waals surface area contributed by atoms with Gasteiger partial charge in [0.1, 0.15) is 0 Å². The van der Waals surface area contributed by atoms with Gasteiger partial charge in [0.15, 0.2) is 5.79 Å². The number of benzene rings is 1. The molecule has 2 aliphatic rings. The van der Waals surface area contributed by atoms with E-state index in [-0.39, 0.29) is 12.1 Å². The first-order valence-corrected chi connectivity index (χ1v) is 8.97. The Morgan fingerprint density at radius 1 is 1.21 bits per heavy atom. The van der Waals surface area contributed by atoms with E-state index in [1.807, 2.05) is 13.8 Å². The van der Waals surface area contributed by atoms with Crippen molar-refractivity contribution in [1.29, 1.82) is 0 Å². The minimum Gasteiger partial charge on any atom is -0.379 e. The van der Waals surface area contributed by atoms with E-state index in [0.717, 1.165) is 32.8 Å². The second-order valence-corrected chi connectivity index (χ2v) is 7.14. The molecule has 0 saturated carbocycles. The van der Waals surface area contributed by atoms with Crippen LogP contribution in [0.2, 0.25) is 0 Å². The first-order chi connectivity index (χ1) is 11.6. The van der Waals surface area contributed by atoms with Gasteiger partial charge in [0.2, 0.25) is 0 Å². The lowest BCUT2D eigenvalue weighted by atomic mass is 10.0. The summed E-state index contributed by atoms with van der Waals surface area (Å²) in [6.07, 6.45) is 0.0983.